The fourth-order valence-corrected chi connectivity index (χ4v) is 3.63. The highest BCUT2D eigenvalue weighted by molar-refractivity contribution is 5.81. The van der Waals surface area contributed by atoms with E-state index in [4.69, 9.17) is 10.2 Å². The summed E-state index contributed by atoms with van der Waals surface area (Å²) in [5, 5.41) is 9.24. The minimum atomic E-state index is -0.452. The molecule has 0 spiro atoms. The Labute approximate surface area is 163 Å². The first-order chi connectivity index (χ1) is 13.4. The van der Waals surface area contributed by atoms with Crippen LogP contribution in [0.25, 0.3) is 16.6 Å². The Kier molecular flexibility index (Phi) is 5.61. The number of nitrogens with one attached hydrogen (secondary N) is 1. The average Bonchev–Trinajstić information content (AvgIpc) is 2.67. The van der Waals surface area contributed by atoms with Crippen LogP contribution in [0.15, 0.2) is 35.1 Å². The lowest BCUT2D eigenvalue weighted by atomic mass is 10.0. The number of aromatic nitrogens is 2. The van der Waals surface area contributed by atoms with Gasteiger partial charge in [0.05, 0.1) is 16.6 Å². The van der Waals surface area contributed by atoms with Gasteiger partial charge >= 0.3 is 0 Å². The molecule has 0 saturated carbocycles. The Morgan fingerprint density at radius 2 is 1.82 bits per heavy atom. The van der Waals surface area contributed by atoms with Crippen molar-refractivity contribution in [3.63, 3.8) is 0 Å². The van der Waals surface area contributed by atoms with Gasteiger partial charge in [0.2, 0.25) is 5.91 Å². The monoisotopic (exact) mass is 379 g/mol. The number of aryl methyl sites for hydroxylation is 5. The van der Waals surface area contributed by atoms with Crippen molar-refractivity contribution in [1.29, 1.82) is 0 Å². The summed E-state index contributed by atoms with van der Waals surface area (Å²) >= 11 is 0. The molecule has 0 aliphatic rings. The van der Waals surface area contributed by atoms with Gasteiger partial charge in [-0.25, -0.2) is 10.5 Å². The van der Waals surface area contributed by atoms with E-state index in [0.717, 1.165) is 33.8 Å². The zero-order valence-corrected chi connectivity index (χ0v) is 16.7. The molecular formula is C22H25N3O3. The molecule has 28 heavy (non-hydrogen) atoms. The molecule has 0 aliphatic carbocycles. The molecule has 2 aromatic carbocycles. The quantitative estimate of drug-likeness (QED) is 0.526. The van der Waals surface area contributed by atoms with Crippen LogP contribution in [0.2, 0.25) is 0 Å². The van der Waals surface area contributed by atoms with E-state index in [1.54, 1.807) is 10.0 Å². The summed E-state index contributed by atoms with van der Waals surface area (Å²) in [6, 6.07) is 9.69. The first kappa shape index (κ1) is 19.8. The molecule has 3 rings (SSSR count). The summed E-state index contributed by atoms with van der Waals surface area (Å²) in [6.45, 7) is 7.92. The molecule has 0 aliphatic heterocycles. The Bertz CT molecular complexity index is 1100. The number of carbonyl (C=O) groups excluding carboxylic acids is 1. The molecule has 6 nitrogen and oxygen atoms in total. The molecule has 0 unspecified atom stereocenters. The summed E-state index contributed by atoms with van der Waals surface area (Å²) in [7, 11) is 0. The van der Waals surface area contributed by atoms with Crippen LogP contribution in [0.1, 0.15) is 41.4 Å². The van der Waals surface area contributed by atoms with Crippen LogP contribution in [-0.4, -0.2) is 20.7 Å². The number of hydroxylamine groups is 1. The van der Waals surface area contributed by atoms with Gasteiger partial charge in [0.15, 0.2) is 0 Å². The molecule has 3 aromatic rings. The lowest BCUT2D eigenvalue weighted by molar-refractivity contribution is -0.129. The number of nitrogens with zero attached hydrogens (tertiary/aromatic N) is 2. The van der Waals surface area contributed by atoms with Gasteiger partial charge in [-0.2, -0.15) is 0 Å². The van der Waals surface area contributed by atoms with Crippen molar-refractivity contribution in [1.82, 2.24) is 15.0 Å². The van der Waals surface area contributed by atoms with Crippen LogP contribution >= 0.6 is 0 Å². The Hall–Kier alpha value is -2.99. The number of benzene rings is 2. The van der Waals surface area contributed by atoms with Gasteiger partial charge in [-0.15, -0.1) is 0 Å². The molecule has 0 bridgehead atoms. The largest absolute Gasteiger partial charge is 0.289 e. The fourth-order valence-electron chi connectivity index (χ4n) is 3.63. The maximum absolute atomic E-state index is 13.5. The molecule has 0 fully saturated rings. The molecule has 1 amide bonds. The van der Waals surface area contributed by atoms with Crippen molar-refractivity contribution in [2.45, 2.75) is 47.0 Å². The first-order valence-corrected chi connectivity index (χ1v) is 9.42. The second-order valence-electron chi connectivity index (χ2n) is 7.09. The van der Waals surface area contributed by atoms with Crippen LogP contribution in [0.4, 0.5) is 0 Å². The van der Waals surface area contributed by atoms with Crippen LogP contribution in [0, 0.1) is 20.8 Å². The molecular weight excluding hydrogens is 354 g/mol. The third-order valence-electron chi connectivity index (χ3n) is 5.12. The van der Waals surface area contributed by atoms with Gasteiger partial charge in [-0.3, -0.25) is 19.4 Å². The van der Waals surface area contributed by atoms with Crippen molar-refractivity contribution in [2.24, 2.45) is 0 Å². The first-order valence-electron chi connectivity index (χ1n) is 9.42. The third-order valence-corrected chi connectivity index (χ3v) is 5.12. The smallest absolute Gasteiger partial charge is 0.265 e. The van der Waals surface area contributed by atoms with Crippen LogP contribution in [-0.2, 0) is 17.6 Å². The standard InChI is InChI=1S/C22H25N3O3/c1-5-19-23-18-11-15(4)16(9-10-20(26)24-28)12-17(18)22(27)25(19)21-13(2)7-6-8-14(21)3/h6-8,11-12,28H,5,9-10H2,1-4H3,(H,24,26). The van der Waals surface area contributed by atoms with Gasteiger partial charge in [-0.05, 0) is 61.6 Å². The molecule has 1 aromatic heterocycles. The zero-order chi connectivity index (χ0) is 20.4. The predicted octanol–water partition coefficient (Wildman–Crippen LogP) is 3.31. The van der Waals surface area contributed by atoms with E-state index in [9.17, 15) is 9.59 Å². The average molecular weight is 379 g/mol. The van der Waals surface area contributed by atoms with Crippen molar-refractivity contribution < 1.29 is 10.0 Å². The summed E-state index contributed by atoms with van der Waals surface area (Å²) < 4.78 is 1.71. The minimum Gasteiger partial charge on any atom is -0.289 e. The zero-order valence-electron chi connectivity index (χ0n) is 16.7. The minimum absolute atomic E-state index is 0.105. The molecule has 0 saturated heterocycles. The van der Waals surface area contributed by atoms with Crippen LogP contribution in [0.5, 0.6) is 0 Å². The van der Waals surface area contributed by atoms with E-state index in [1.165, 1.54) is 0 Å². The number of fused-ring (bicyclic) bond motifs is 1. The highest BCUT2D eigenvalue weighted by Gasteiger charge is 2.16. The second-order valence-corrected chi connectivity index (χ2v) is 7.09. The van der Waals surface area contributed by atoms with Crippen molar-refractivity contribution in [3.05, 3.63) is 68.8 Å². The maximum atomic E-state index is 13.5. The number of carbonyl (C=O) groups is 1. The van der Waals surface area contributed by atoms with Gasteiger partial charge in [0.1, 0.15) is 5.82 Å². The topological polar surface area (TPSA) is 84.2 Å². The van der Waals surface area contributed by atoms with Crippen molar-refractivity contribution in [2.75, 3.05) is 0 Å². The van der Waals surface area contributed by atoms with Gasteiger partial charge in [-0.1, -0.05) is 25.1 Å². The van der Waals surface area contributed by atoms with E-state index in [0.29, 0.717) is 23.7 Å². The normalized spacial score (nSPS) is 11.0. The number of hydrogen-bond acceptors (Lipinski definition) is 4. The van der Waals surface area contributed by atoms with Crippen molar-refractivity contribution in [3.8, 4) is 5.69 Å². The SMILES string of the molecule is CCc1nc2cc(C)c(CCC(=O)NO)cc2c(=O)n1-c1c(C)cccc1C. The lowest BCUT2D eigenvalue weighted by Gasteiger charge is -2.17. The number of para-hydroxylation sites is 1. The Balaban J connectivity index is 2.25. The molecule has 6 heteroatoms. The molecule has 0 atom stereocenters. The van der Waals surface area contributed by atoms with Gasteiger partial charge in [0.25, 0.3) is 5.56 Å². The summed E-state index contributed by atoms with van der Waals surface area (Å²) in [5.41, 5.74) is 6.98. The van der Waals surface area contributed by atoms with Gasteiger partial charge in [0, 0.05) is 12.8 Å². The summed E-state index contributed by atoms with van der Waals surface area (Å²) in [6.07, 6.45) is 1.22. The number of amides is 1. The predicted molar refractivity (Wildman–Crippen MR) is 109 cm³/mol. The van der Waals surface area contributed by atoms with Crippen molar-refractivity contribution >= 4 is 16.8 Å². The molecule has 2 N–H and O–H groups in total. The van der Waals surface area contributed by atoms with Gasteiger partial charge < -0.3 is 0 Å². The maximum Gasteiger partial charge on any atom is 0.265 e. The van der Waals surface area contributed by atoms with Crippen LogP contribution < -0.4 is 11.0 Å². The molecule has 1 heterocycles. The highest BCUT2D eigenvalue weighted by atomic mass is 16.5. The summed E-state index contributed by atoms with van der Waals surface area (Å²) in [4.78, 5) is 29.6. The summed E-state index contributed by atoms with van der Waals surface area (Å²) in [5.74, 6) is 0.272. The van der Waals surface area contributed by atoms with E-state index < -0.39 is 5.91 Å². The van der Waals surface area contributed by atoms with E-state index in [1.807, 2.05) is 58.0 Å². The Morgan fingerprint density at radius 1 is 1.14 bits per heavy atom. The van der Waals surface area contributed by atoms with E-state index in [-0.39, 0.29) is 12.0 Å². The van der Waals surface area contributed by atoms with E-state index in [2.05, 4.69) is 0 Å². The Morgan fingerprint density at radius 3 is 2.43 bits per heavy atom. The number of rotatable bonds is 5. The van der Waals surface area contributed by atoms with E-state index >= 15 is 0 Å². The highest BCUT2D eigenvalue weighted by Crippen LogP contribution is 2.22. The van der Waals surface area contributed by atoms with Crippen LogP contribution in [0.3, 0.4) is 0 Å². The second kappa shape index (κ2) is 7.94. The lowest BCUT2D eigenvalue weighted by Crippen LogP contribution is -2.25. The fraction of sp³-hybridized carbons (Fsp3) is 0.318. The molecule has 146 valence electrons. The third kappa shape index (κ3) is 3.55. The molecule has 0 radical (unpaired) electrons. The number of hydrogen-bond donors (Lipinski definition) is 2.